The fourth-order valence-corrected chi connectivity index (χ4v) is 3.23. The van der Waals surface area contributed by atoms with Crippen molar-refractivity contribution in [1.29, 1.82) is 0 Å². The molecule has 1 heterocycles. The summed E-state index contributed by atoms with van der Waals surface area (Å²) in [7, 11) is 1.62. The van der Waals surface area contributed by atoms with Gasteiger partial charge in [-0.05, 0) is 70.2 Å². The van der Waals surface area contributed by atoms with Crippen LogP contribution in [0.4, 0.5) is 4.79 Å². The van der Waals surface area contributed by atoms with Gasteiger partial charge in [0, 0.05) is 24.7 Å². The van der Waals surface area contributed by atoms with Gasteiger partial charge in [0.15, 0.2) is 6.29 Å². The van der Waals surface area contributed by atoms with Crippen molar-refractivity contribution in [3.05, 3.63) is 28.2 Å². The minimum Gasteiger partial charge on any atom is -0.465 e. The minimum atomic E-state index is -0.456. The van der Waals surface area contributed by atoms with Crippen LogP contribution in [0.25, 0.3) is 0 Å². The lowest BCUT2D eigenvalue weighted by atomic mass is 9.98. The number of carbonyl (C=O) groups is 1. The van der Waals surface area contributed by atoms with E-state index in [0.29, 0.717) is 5.92 Å². The van der Waals surface area contributed by atoms with Gasteiger partial charge in [0.2, 0.25) is 0 Å². The molecule has 1 fully saturated rings. The molecule has 0 saturated carbocycles. The van der Waals surface area contributed by atoms with Gasteiger partial charge in [-0.1, -0.05) is 15.9 Å². The van der Waals surface area contributed by atoms with Crippen molar-refractivity contribution in [3.8, 4) is 5.75 Å². The third-order valence-electron chi connectivity index (χ3n) is 4.10. The number of nitrogens with zero attached hydrogens (tertiary/aromatic N) is 1. The first-order chi connectivity index (χ1) is 11.7. The maximum absolute atomic E-state index is 12.2. The lowest BCUT2D eigenvalue weighted by Gasteiger charge is -2.24. The highest BCUT2D eigenvalue weighted by molar-refractivity contribution is 9.10. The van der Waals surface area contributed by atoms with Crippen molar-refractivity contribution in [2.45, 2.75) is 52.4 Å². The zero-order valence-corrected chi connectivity index (χ0v) is 17.3. The van der Waals surface area contributed by atoms with Crippen LogP contribution in [-0.4, -0.2) is 43.1 Å². The lowest BCUT2D eigenvalue weighted by molar-refractivity contribution is -0.0383. The van der Waals surface area contributed by atoms with Crippen LogP contribution in [-0.2, 0) is 15.9 Å². The van der Waals surface area contributed by atoms with Crippen molar-refractivity contribution in [3.63, 3.8) is 0 Å². The molecule has 0 radical (unpaired) electrons. The maximum Gasteiger partial charge on any atom is 0.410 e. The number of ether oxygens (including phenoxy) is 3. The van der Waals surface area contributed by atoms with E-state index in [1.807, 2.05) is 45.9 Å². The molecule has 1 aliphatic heterocycles. The van der Waals surface area contributed by atoms with Crippen molar-refractivity contribution >= 4 is 22.0 Å². The summed E-state index contributed by atoms with van der Waals surface area (Å²) in [5, 5.41) is 0. The molecule has 1 aliphatic rings. The number of benzene rings is 1. The Morgan fingerprint density at radius 2 is 2.12 bits per heavy atom. The number of halogens is 1. The van der Waals surface area contributed by atoms with Crippen LogP contribution >= 0.6 is 15.9 Å². The summed E-state index contributed by atoms with van der Waals surface area (Å²) < 4.78 is 17.4. The van der Waals surface area contributed by atoms with E-state index in [9.17, 15) is 4.79 Å². The fourth-order valence-electron chi connectivity index (χ4n) is 2.82. The number of amides is 1. The fraction of sp³-hybridized carbons (Fsp3) is 0.632. The van der Waals surface area contributed by atoms with Gasteiger partial charge in [-0.2, -0.15) is 0 Å². The van der Waals surface area contributed by atoms with Gasteiger partial charge in [-0.15, -0.1) is 0 Å². The number of carbonyl (C=O) groups excluding carboxylic acids is 1. The van der Waals surface area contributed by atoms with Crippen LogP contribution in [0.1, 0.15) is 39.7 Å². The highest BCUT2D eigenvalue weighted by Crippen LogP contribution is 2.29. The molecule has 25 heavy (non-hydrogen) atoms. The molecule has 2 unspecified atom stereocenters. The largest absolute Gasteiger partial charge is 0.465 e. The van der Waals surface area contributed by atoms with Gasteiger partial charge in [0.05, 0.1) is 0 Å². The molecule has 0 spiro atoms. The second kappa shape index (κ2) is 8.41. The van der Waals surface area contributed by atoms with E-state index < -0.39 is 5.60 Å². The maximum atomic E-state index is 12.2. The Bertz CT molecular complexity index is 600. The first-order valence-corrected chi connectivity index (χ1v) is 9.43. The van der Waals surface area contributed by atoms with Crippen molar-refractivity contribution in [2.24, 2.45) is 5.92 Å². The zero-order valence-electron chi connectivity index (χ0n) is 15.7. The molecule has 0 aliphatic carbocycles. The Balaban J connectivity index is 1.96. The minimum absolute atomic E-state index is 0.222. The highest BCUT2D eigenvalue weighted by Gasteiger charge is 2.30. The quantitative estimate of drug-likeness (QED) is 0.660. The Morgan fingerprint density at radius 1 is 1.40 bits per heavy atom. The molecule has 2 atom stereocenters. The smallest absolute Gasteiger partial charge is 0.410 e. The summed E-state index contributed by atoms with van der Waals surface area (Å²) >= 11 is 3.61. The van der Waals surface area contributed by atoms with Crippen molar-refractivity contribution in [2.75, 3.05) is 20.2 Å². The number of rotatable bonds is 5. The monoisotopic (exact) mass is 413 g/mol. The highest BCUT2D eigenvalue weighted by atomic mass is 79.9. The normalized spacial score (nSPS) is 19.0. The molecular formula is C19H28BrNO4. The van der Waals surface area contributed by atoms with Gasteiger partial charge in [0.25, 0.3) is 0 Å². The standard InChI is InChI=1S/C19H28BrNO4/c1-13(23-5)24-16-6-7-17(20)15(11-16)10-14-8-9-21(12-14)18(22)25-19(2,3)4/h6-7,11,13-14H,8-10,12H2,1-5H3. The van der Waals surface area contributed by atoms with Crippen LogP contribution in [0, 0.1) is 5.92 Å². The zero-order chi connectivity index (χ0) is 18.6. The van der Waals surface area contributed by atoms with E-state index in [4.69, 9.17) is 14.2 Å². The molecule has 2 rings (SSSR count). The molecular weight excluding hydrogens is 386 g/mol. The van der Waals surface area contributed by atoms with E-state index in [0.717, 1.165) is 36.2 Å². The van der Waals surface area contributed by atoms with Crippen LogP contribution < -0.4 is 4.74 Å². The Hall–Kier alpha value is -1.27. The van der Waals surface area contributed by atoms with Gasteiger partial charge in [-0.25, -0.2) is 4.79 Å². The molecule has 5 nitrogen and oxygen atoms in total. The second-order valence-electron chi connectivity index (χ2n) is 7.46. The molecule has 0 aromatic heterocycles. The molecule has 0 bridgehead atoms. The number of likely N-dealkylation sites (tertiary alicyclic amines) is 1. The number of hydrogen-bond donors (Lipinski definition) is 0. The number of methoxy groups -OCH3 is 1. The summed E-state index contributed by atoms with van der Waals surface area (Å²) in [6.45, 7) is 9.00. The van der Waals surface area contributed by atoms with Gasteiger partial charge < -0.3 is 19.1 Å². The Morgan fingerprint density at radius 3 is 2.76 bits per heavy atom. The van der Waals surface area contributed by atoms with Crippen LogP contribution in [0.15, 0.2) is 22.7 Å². The Labute approximate surface area is 158 Å². The van der Waals surface area contributed by atoms with Crippen LogP contribution in [0.2, 0.25) is 0 Å². The first kappa shape index (κ1) is 20.0. The molecule has 1 amide bonds. The van der Waals surface area contributed by atoms with E-state index in [-0.39, 0.29) is 12.4 Å². The van der Waals surface area contributed by atoms with Gasteiger partial charge in [-0.3, -0.25) is 0 Å². The topological polar surface area (TPSA) is 48.0 Å². The number of hydrogen-bond acceptors (Lipinski definition) is 4. The molecule has 6 heteroatoms. The van der Waals surface area contributed by atoms with Gasteiger partial charge in [0.1, 0.15) is 11.4 Å². The SMILES string of the molecule is COC(C)Oc1ccc(Br)c(CC2CCN(C(=O)OC(C)(C)C)C2)c1. The molecule has 1 aromatic carbocycles. The summed E-state index contributed by atoms with van der Waals surface area (Å²) in [4.78, 5) is 14.0. The third-order valence-corrected chi connectivity index (χ3v) is 4.87. The Kier molecular flexibility index (Phi) is 6.74. The summed E-state index contributed by atoms with van der Waals surface area (Å²) in [6, 6.07) is 5.95. The van der Waals surface area contributed by atoms with E-state index in [1.165, 1.54) is 5.56 Å². The predicted molar refractivity (Wildman–Crippen MR) is 101 cm³/mol. The molecule has 0 N–H and O–H groups in total. The molecule has 1 saturated heterocycles. The second-order valence-corrected chi connectivity index (χ2v) is 8.31. The van der Waals surface area contributed by atoms with Crippen molar-refractivity contribution in [1.82, 2.24) is 4.90 Å². The average Bonchev–Trinajstić information content (AvgIpc) is 2.97. The van der Waals surface area contributed by atoms with E-state index in [1.54, 1.807) is 12.0 Å². The third kappa shape index (κ3) is 6.19. The van der Waals surface area contributed by atoms with E-state index >= 15 is 0 Å². The first-order valence-electron chi connectivity index (χ1n) is 8.63. The average molecular weight is 414 g/mol. The van der Waals surface area contributed by atoms with E-state index in [2.05, 4.69) is 15.9 Å². The summed E-state index contributed by atoms with van der Waals surface area (Å²) in [6.07, 6.45) is 1.35. The lowest BCUT2D eigenvalue weighted by Crippen LogP contribution is -2.35. The van der Waals surface area contributed by atoms with Crippen LogP contribution in [0.5, 0.6) is 5.75 Å². The van der Waals surface area contributed by atoms with Crippen molar-refractivity contribution < 1.29 is 19.0 Å². The van der Waals surface area contributed by atoms with Gasteiger partial charge >= 0.3 is 6.09 Å². The van der Waals surface area contributed by atoms with Crippen LogP contribution in [0.3, 0.4) is 0 Å². The summed E-state index contributed by atoms with van der Waals surface area (Å²) in [5.74, 6) is 1.20. The predicted octanol–water partition coefficient (Wildman–Crippen LogP) is 4.62. The summed E-state index contributed by atoms with van der Waals surface area (Å²) in [5.41, 5.74) is 0.721. The molecule has 1 aromatic rings. The molecule has 140 valence electrons.